The van der Waals surface area contributed by atoms with Crippen LogP contribution in [0, 0.1) is 11.3 Å². The number of hydrogen-bond donors (Lipinski definition) is 2. The number of nitrogens with zero attached hydrogens (tertiary/aromatic N) is 3. The third-order valence-electron chi connectivity index (χ3n) is 4.69. The molecule has 1 aromatic carbocycles. The zero-order chi connectivity index (χ0) is 24.1. The molecule has 3 rings (SSSR count). The Labute approximate surface area is 200 Å². The van der Waals surface area contributed by atoms with Gasteiger partial charge in [-0.25, -0.2) is 9.97 Å². The molecular weight excluding hydrogens is 426 g/mol. The van der Waals surface area contributed by atoms with Crippen LogP contribution < -0.4 is 10.6 Å². The summed E-state index contributed by atoms with van der Waals surface area (Å²) in [4.78, 5) is 9.40. The molecule has 0 radical (unpaired) electrons. The fraction of sp³-hybridized carbons (Fsp3) is 0.222. The third kappa shape index (κ3) is 8.40. The predicted molar refractivity (Wildman–Crippen MR) is 142 cm³/mol. The van der Waals surface area contributed by atoms with Crippen LogP contribution in [-0.2, 0) is 0 Å². The van der Waals surface area contributed by atoms with Gasteiger partial charge in [-0.3, -0.25) is 0 Å². The maximum Gasteiger partial charge on any atom is 0.162 e. The van der Waals surface area contributed by atoms with Crippen molar-refractivity contribution in [2.75, 3.05) is 18.4 Å². The summed E-state index contributed by atoms with van der Waals surface area (Å²) in [5, 5.41) is 20.2. The van der Waals surface area contributed by atoms with E-state index >= 15 is 0 Å². The van der Waals surface area contributed by atoms with Crippen LogP contribution in [0.2, 0.25) is 0 Å². The van der Waals surface area contributed by atoms with Crippen molar-refractivity contribution < 1.29 is 0 Å². The Bertz CT molecular complexity index is 1170. The summed E-state index contributed by atoms with van der Waals surface area (Å²) < 4.78 is 0. The van der Waals surface area contributed by atoms with Crippen LogP contribution in [0.1, 0.15) is 27.2 Å². The highest BCUT2D eigenvalue weighted by atomic mass is 32.1. The number of hydrogen-bond acceptors (Lipinski definition) is 6. The van der Waals surface area contributed by atoms with Gasteiger partial charge in [-0.1, -0.05) is 43.9 Å². The van der Waals surface area contributed by atoms with Crippen molar-refractivity contribution in [1.82, 2.24) is 15.3 Å². The van der Waals surface area contributed by atoms with Crippen LogP contribution in [0.15, 0.2) is 89.3 Å². The molecule has 2 heterocycles. The first-order valence-electron chi connectivity index (χ1n) is 10.8. The average Bonchev–Trinajstić information content (AvgIpc) is 3.37. The van der Waals surface area contributed by atoms with Gasteiger partial charge in [0.2, 0.25) is 0 Å². The van der Waals surface area contributed by atoms with Crippen molar-refractivity contribution in [3.63, 3.8) is 0 Å². The highest BCUT2D eigenvalue weighted by Crippen LogP contribution is 2.25. The van der Waals surface area contributed by atoms with E-state index in [1.165, 1.54) is 5.57 Å². The normalized spacial score (nSPS) is 11.2. The van der Waals surface area contributed by atoms with Crippen molar-refractivity contribution in [2.45, 2.75) is 27.2 Å². The lowest BCUT2D eigenvalue weighted by Crippen LogP contribution is -2.21. The molecule has 0 aliphatic heterocycles. The molecule has 0 bridgehead atoms. The minimum atomic E-state index is 0.536. The maximum atomic E-state index is 8.29. The van der Waals surface area contributed by atoms with Crippen LogP contribution in [0.3, 0.4) is 0 Å². The van der Waals surface area contributed by atoms with Gasteiger partial charge in [-0.15, -0.1) is 0 Å². The number of aromatic nitrogens is 2. The van der Waals surface area contributed by atoms with Crippen LogP contribution in [0.5, 0.6) is 0 Å². The lowest BCUT2D eigenvalue weighted by molar-refractivity contribution is 0.816. The number of rotatable bonds is 9. The second-order valence-electron chi connectivity index (χ2n) is 7.35. The average molecular weight is 458 g/mol. The molecule has 0 atom stereocenters. The predicted octanol–water partition coefficient (Wildman–Crippen LogP) is 6.87. The van der Waals surface area contributed by atoms with E-state index in [-0.39, 0.29) is 0 Å². The van der Waals surface area contributed by atoms with E-state index in [1.807, 2.05) is 61.7 Å². The van der Waals surface area contributed by atoms with Gasteiger partial charge in [0.05, 0.1) is 11.6 Å². The largest absolute Gasteiger partial charge is 0.387 e. The summed E-state index contributed by atoms with van der Waals surface area (Å²) in [5.74, 6) is 1.63. The second kappa shape index (κ2) is 13.7. The highest BCUT2D eigenvalue weighted by Gasteiger charge is 2.09. The van der Waals surface area contributed by atoms with Crippen LogP contribution >= 0.6 is 11.3 Å². The Hall–Kier alpha value is -3.69. The Balaban J connectivity index is 0.000000365. The molecule has 5 nitrogen and oxygen atoms in total. The van der Waals surface area contributed by atoms with E-state index < -0.39 is 0 Å². The Morgan fingerprint density at radius 2 is 1.97 bits per heavy atom. The topological polar surface area (TPSA) is 73.6 Å². The second-order valence-corrected chi connectivity index (χ2v) is 8.13. The summed E-state index contributed by atoms with van der Waals surface area (Å²) in [5.41, 5.74) is 4.83. The minimum absolute atomic E-state index is 0.536. The number of thiophene rings is 1. The zero-order valence-electron chi connectivity index (χ0n) is 19.6. The molecule has 0 aliphatic carbocycles. The van der Waals surface area contributed by atoms with Gasteiger partial charge in [0.25, 0.3) is 0 Å². The lowest BCUT2D eigenvalue weighted by atomic mass is 10.2. The molecule has 6 heteroatoms. The van der Waals surface area contributed by atoms with Crippen LogP contribution in [0.4, 0.5) is 5.82 Å². The standard InChI is InChI=1S/C19H20N4S.C8H11N/c1-3-6-14(2)20-10-11-21-19-16-7-4-5-8-17(16)22-18(23-19)15-9-12-24-13-15;1-4-7(2)5-8(3)6-9/h3-9,12-13,20H,1,10-11H2,2H3,(H,21,22,23);5H,3-4H2,1-2H3/b14-6+;7-5+. The molecule has 0 saturated heterocycles. The number of fused-ring (bicyclic) bond motifs is 1. The van der Waals surface area contributed by atoms with Gasteiger partial charge < -0.3 is 10.6 Å². The van der Waals surface area contributed by atoms with Gasteiger partial charge in [0, 0.05) is 40.7 Å². The number of anilines is 1. The number of nitrogens with one attached hydrogen (secondary N) is 2. The smallest absolute Gasteiger partial charge is 0.162 e. The summed E-state index contributed by atoms with van der Waals surface area (Å²) in [6.07, 6.45) is 6.52. The first kappa shape index (κ1) is 25.6. The lowest BCUT2D eigenvalue weighted by Gasteiger charge is -2.11. The van der Waals surface area contributed by atoms with E-state index in [4.69, 9.17) is 10.2 Å². The maximum absolute atomic E-state index is 8.29. The van der Waals surface area contributed by atoms with Crippen molar-refractivity contribution >= 4 is 28.1 Å². The first-order valence-corrected chi connectivity index (χ1v) is 11.7. The van der Waals surface area contributed by atoms with Crippen molar-refractivity contribution in [3.05, 3.63) is 89.3 Å². The molecule has 0 spiro atoms. The van der Waals surface area contributed by atoms with E-state index in [0.29, 0.717) is 5.57 Å². The summed E-state index contributed by atoms with van der Waals surface area (Å²) in [6, 6.07) is 12.1. The molecule has 0 fully saturated rings. The van der Waals surface area contributed by atoms with Crippen molar-refractivity contribution in [2.24, 2.45) is 0 Å². The molecule has 0 aliphatic rings. The molecule has 170 valence electrons. The number of allylic oxidation sites excluding steroid dienone is 6. The fourth-order valence-electron chi connectivity index (χ4n) is 2.84. The third-order valence-corrected chi connectivity index (χ3v) is 5.38. The molecule has 3 aromatic rings. The van der Waals surface area contributed by atoms with E-state index in [9.17, 15) is 0 Å². The monoisotopic (exact) mass is 457 g/mol. The number of benzene rings is 1. The minimum Gasteiger partial charge on any atom is -0.387 e. The Morgan fingerprint density at radius 3 is 2.64 bits per heavy atom. The molecule has 0 amide bonds. The van der Waals surface area contributed by atoms with E-state index in [1.54, 1.807) is 23.5 Å². The molecule has 33 heavy (non-hydrogen) atoms. The molecule has 0 saturated carbocycles. The van der Waals surface area contributed by atoms with Crippen LogP contribution in [-0.4, -0.2) is 23.1 Å². The SMILES string of the molecule is C=C(C#N)/C=C(\C)CC.C=C/C=C(\C)NCCNc1nc(-c2ccsc2)nc2ccccc12. The molecule has 2 aromatic heterocycles. The van der Waals surface area contributed by atoms with Crippen LogP contribution in [0.25, 0.3) is 22.3 Å². The van der Waals surface area contributed by atoms with Gasteiger partial charge in [0.1, 0.15) is 5.82 Å². The van der Waals surface area contributed by atoms with Crippen molar-refractivity contribution in [3.8, 4) is 17.5 Å². The Morgan fingerprint density at radius 1 is 1.18 bits per heavy atom. The van der Waals surface area contributed by atoms with E-state index in [0.717, 1.165) is 53.3 Å². The molecular formula is C27H31N5S. The highest BCUT2D eigenvalue weighted by molar-refractivity contribution is 7.08. The zero-order valence-corrected chi connectivity index (χ0v) is 20.4. The Kier molecular flexibility index (Phi) is 10.6. The van der Waals surface area contributed by atoms with Gasteiger partial charge in [0.15, 0.2) is 5.82 Å². The molecule has 0 unspecified atom stereocenters. The fourth-order valence-corrected chi connectivity index (χ4v) is 3.47. The summed E-state index contributed by atoms with van der Waals surface area (Å²) in [7, 11) is 0. The van der Waals surface area contributed by atoms with Crippen molar-refractivity contribution in [1.29, 1.82) is 5.26 Å². The van der Waals surface area contributed by atoms with Gasteiger partial charge in [-0.05, 0) is 56.0 Å². The number of nitriles is 1. The van der Waals surface area contributed by atoms with Gasteiger partial charge in [-0.2, -0.15) is 16.6 Å². The van der Waals surface area contributed by atoms with E-state index in [2.05, 4.69) is 41.1 Å². The first-order chi connectivity index (χ1) is 16.0. The summed E-state index contributed by atoms with van der Waals surface area (Å²) in [6.45, 7) is 14.9. The molecule has 2 N–H and O–H groups in total. The number of para-hydroxylation sites is 1. The quantitative estimate of drug-likeness (QED) is 0.208. The van der Waals surface area contributed by atoms with Gasteiger partial charge >= 0.3 is 0 Å². The summed E-state index contributed by atoms with van der Waals surface area (Å²) >= 11 is 1.65.